The third-order valence-corrected chi connectivity index (χ3v) is 4.39. The van der Waals surface area contributed by atoms with E-state index in [1.165, 1.54) is 17.5 Å². The predicted molar refractivity (Wildman–Crippen MR) is 85.0 cm³/mol. The van der Waals surface area contributed by atoms with E-state index >= 15 is 0 Å². The number of thiophene rings is 1. The molecule has 2 unspecified atom stereocenters. The number of hydrogen-bond acceptors (Lipinski definition) is 2. The van der Waals surface area contributed by atoms with Crippen molar-refractivity contribution >= 4 is 11.3 Å². The van der Waals surface area contributed by atoms with Crippen LogP contribution in [0.1, 0.15) is 37.3 Å². The van der Waals surface area contributed by atoms with Crippen molar-refractivity contribution in [2.75, 3.05) is 6.54 Å². The van der Waals surface area contributed by atoms with Gasteiger partial charge in [0.15, 0.2) is 0 Å². The van der Waals surface area contributed by atoms with Crippen molar-refractivity contribution in [2.24, 2.45) is 0 Å². The van der Waals surface area contributed by atoms with Crippen LogP contribution in [0.3, 0.4) is 0 Å². The Morgan fingerprint density at radius 1 is 1.11 bits per heavy atom. The highest BCUT2D eigenvalue weighted by Crippen LogP contribution is 2.26. The molecule has 2 aromatic rings. The Kier molecular flexibility index (Phi) is 5.62. The molecule has 0 aliphatic rings. The van der Waals surface area contributed by atoms with E-state index in [4.69, 9.17) is 0 Å². The molecule has 0 bridgehead atoms. The average Bonchev–Trinajstić information content (AvgIpc) is 2.94. The van der Waals surface area contributed by atoms with Crippen molar-refractivity contribution in [1.82, 2.24) is 5.32 Å². The van der Waals surface area contributed by atoms with Gasteiger partial charge in [-0.05, 0) is 53.3 Å². The first-order chi connectivity index (χ1) is 9.35. The lowest BCUT2D eigenvalue weighted by Crippen LogP contribution is -2.36. The topological polar surface area (TPSA) is 12.0 Å². The van der Waals surface area contributed by atoms with Gasteiger partial charge in [0.1, 0.15) is 0 Å². The van der Waals surface area contributed by atoms with E-state index in [9.17, 15) is 0 Å². The molecular weight excluding hydrogens is 250 g/mol. The van der Waals surface area contributed by atoms with Gasteiger partial charge in [-0.15, -0.1) is 0 Å². The zero-order valence-corrected chi connectivity index (χ0v) is 12.6. The van der Waals surface area contributed by atoms with Crippen LogP contribution in [0.2, 0.25) is 0 Å². The second kappa shape index (κ2) is 7.46. The summed E-state index contributed by atoms with van der Waals surface area (Å²) in [6, 6.07) is 13.7. The monoisotopic (exact) mass is 273 g/mol. The summed E-state index contributed by atoms with van der Waals surface area (Å²) in [4.78, 5) is 0. The SMILES string of the molecule is CCNC(Cc1ccsc1)C(CC)c1ccccc1. The van der Waals surface area contributed by atoms with Crippen LogP contribution >= 0.6 is 11.3 Å². The number of likely N-dealkylation sites (N-methyl/N-ethyl adjacent to an activating group) is 1. The molecule has 102 valence electrons. The van der Waals surface area contributed by atoms with Gasteiger partial charge in [0.05, 0.1) is 0 Å². The Bertz CT molecular complexity index is 449. The van der Waals surface area contributed by atoms with Gasteiger partial charge in [0.25, 0.3) is 0 Å². The van der Waals surface area contributed by atoms with Crippen molar-refractivity contribution in [3.05, 3.63) is 58.3 Å². The van der Waals surface area contributed by atoms with Gasteiger partial charge < -0.3 is 5.32 Å². The van der Waals surface area contributed by atoms with Gasteiger partial charge in [0.2, 0.25) is 0 Å². The van der Waals surface area contributed by atoms with Gasteiger partial charge in [-0.2, -0.15) is 11.3 Å². The second-order valence-corrected chi connectivity index (χ2v) is 5.71. The van der Waals surface area contributed by atoms with Crippen LogP contribution in [-0.2, 0) is 6.42 Å². The largest absolute Gasteiger partial charge is 0.313 e. The van der Waals surface area contributed by atoms with Crippen molar-refractivity contribution < 1.29 is 0 Å². The van der Waals surface area contributed by atoms with Crippen LogP contribution in [-0.4, -0.2) is 12.6 Å². The van der Waals surface area contributed by atoms with Crippen LogP contribution in [0.4, 0.5) is 0 Å². The Labute approximate surface area is 120 Å². The Balaban J connectivity index is 2.16. The van der Waals surface area contributed by atoms with Crippen LogP contribution in [0, 0.1) is 0 Å². The molecule has 0 amide bonds. The lowest BCUT2D eigenvalue weighted by Gasteiger charge is -2.27. The number of nitrogens with one attached hydrogen (secondary N) is 1. The third kappa shape index (κ3) is 3.92. The summed E-state index contributed by atoms with van der Waals surface area (Å²) in [6.45, 7) is 5.51. The van der Waals surface area contributed by atoms with E-state index in [-0.39, 0.29) is 0 Å². The predicted octanol–water partition coefficient (Wildman–Crippen LogP) is 4.46. The molecule has 0 aliphatic heterocycles. The number of benzene rings is 1. The fraction of sp³-hybridized carbons (Fsp3) is 0.412. The molecule has 0 aliphatic carbocycles. The highest BCUT2D eigenvalue weighted by molar-refractivity contribution is 7.07. The lowest BCUT2D eigenvalue weighted by molar-refractivity contribution is 0.428. The normalized spacial score (nSPS) is 14.2. The standard InChI is InChI=1S/C17H23NS/c1-3-16(15-8-6-5-7-9-15)17(18-4-2)12-14-10-11-19-13-14/h5-11,13,16-18H,3-4,12H2,1-2H3. The highest BCUT2D eigenvalue weighted by Gasteiger charge is 2.21. The minimum atomic E-state index is 0.520. The van der Waals surface area contributed by atoms with E-state index in [2.05, 4.69) is 66.3 Å². The molecule has 1 aromatic heterocycles. The molecular formula is C17H23NS. The molecule has 0 saturated carbocycles. The van der Waals surface area contributed by atoms with E-state index in [1.54, 1.807) is 11.3 Å². The highest BCUT2D eigenvalue weighted by atomic mass is 32.1. The van der Waals surface area contributed by atoms with Crippen molar-refractivity contribution in [1.29, 1.82) is 0 Å². The van der Waals surface area contributed by atoms with Crippen molar-refractivity contribution in [3.63, 3.8) is 0 Å². The summed E-state index contributed by atoms with van der Waals surface area (Å²) >= 11 is 1.79. The summed E-state index contributed by atoms with van der Waals surface area (Å²) in [5.74, 6) is 0.584. The Morgan fingerprint density at radius 2 is 1.89 bits per heavy atom. The summed E-state index contributed by atoms with van der Waals surface area (Å²) in [7, 11) is 0. The van der Waals surface area contributed by atoms with Crippen LogP contribution in [0.25, 0.3) is 0 Å². The molecule has 1 aromatic carbocycles. The smallest absolute Gasteiger partial charge is 0.0176 e. The van der Waals surface area contributed by atoms with E-state index in [0.717, 1.165) is 13.0 Å². The quantitative estimate of drug-likeness (QED) is 0.785. The fourth-order valence-corrected chi connectivity index (χ4v) is 3.42. The average molecular weight is 273 g/mol. The molecule has 2 atom stereocenters. The maximum Gasteiger partial charge on any atom is 0.0176 e. The minimum Gasteiger partial charge on any atom is -0.313 e. The zero-order chi connectivity index (χ0) is 13.5. The first kappa shape index (κ1) is 14.3. The number of hydrogen-bond donors (Lipinski definition) is 1. The lowest BCUT2D eigenvalue weighted by atomic mass is 9.86. The van der Waals surface area contributed by atoms with E-state index < -0.39 is 0 Å². The van der Waals surface area contributed by atoms with Gasteiger partial charge in [0, 0.05) is 6.04 Å². The molecule has 2 rings (SSSR count). The van der Waals surface area contributed by atoms with Gasteiger partial charge in [-0.25, -0.2) is 0 Å². The van der Waals surface area contributed by atoms with Crippen LogP contribution < -0.4 is 5.32 Å². The minimum absolute atomic E-state index is 0.520. The fourth-order valence-electron chi connectivity index (χ4n) is 2.73. The Hall–Kier alpha value is -1.12. The molecule has 1 heterocycles. The molecule has 0 spiro atoms. The molecule has 1 nitrogen and oxygen atoms in total. The molecule has 2 heteroatoms. The molecule has 19 heavy (non-hydrogen) atoms. The van der Waals surface area contributed by atoms with E-state index in [1.807, 2.05) is 0 Å². The van der Waals surface area contributed by atoms with Crippen LogP contribution in [0.15, 0.2) is 47.2 Å². The van der Waals surface area contributed by atoms with Gasteiger partial charge >= 0.3 is 0 Å². The molecule has 0 fully saturated rings. The zero-order valence-electron chi connectivity index (χ0n) is 11.8. The van der Waals surface area contributed by atoms with Crippen molar-refractivity contribution in [2.45, 2.75) is 38.6 Å². The van der Waals surface area contributed by atoms with Gasteiger partial charge in [-0.1, -0.05) is 44.2 Å². The molecule has 0 radical (unpaired) electrons. The number of rotatable bonds is 7. The molecule has 0 saturated heterocycles. The summed E-state index contributed by atoms with van der Waals surface area (Å²) in [6.07, 6.45) is 2.29. The maximum absolute atomic E-state index is 3.68. The first-order valence-corrected chi connectivity index (χ1v) is 8.08. The second-order valence-electron chi connectivity index (χ2n) is 4.93. The summed E-state index contributed by atoms with van der Waals surface area (Å²) < 4.78 is 0. The molecule has 1 N–H and O–H groups in total. The maximum atomic E-state index is 3.68. The van der Waals surface area contributed by atoms with Crippen LogP contribution in [0.5, 0.6) is 0 Å². The first-order valence-electron chi connectivity index (χ1n) is 7.14. The third-order valence-electron chi connectivity index (χ3n) is 3.66. The summed E-state index contributed by atoms with van der Waals surface area (Å²) in [5, 5.41) is 8.11. The Morgan fingerprint density at radius 3 is 2.47 bits per heavy atom. The summed E-state index contributed by atoms with van der Waals surface area (Å²) in [5.41, 5.74) is 2.90. The van der Waals surface area contributed by atoms with Gasteiger partial charge in [-0.3, -0.25) is 0 Å². The van der Waals surface area contributed by atoms with E-state index in [0.29, 0.717) is 12.0 Å². The van der Waals surface area contributed by atoms with Crippen molar-refractivity contribution in [3.8, 4) is 0 Å².